The fourth-order valence-corrected chi connectivity index (χ4v) is 3.64. The van der Waals surface area contributed by atoms with E-state index in [2.05, 4.69) is 10.2 Å². The van der Waals surface area contributed by atoms with Crippen molar-refractivity contribution in [2.24, 2.45) is 5.92 Å². The molecule has 24 heavy (non-hydrogen) atoms. The minimum absolute atomic E-state index is 0.0148. The minimum Gasteiger partial charge on any atom is -0.378 e. The van der Waals surface area contributed by atoms with Gasteiger partial charge < -0.3 is 14.4 Å². The van der Waals surface area contributed by atoms with E-state index in [1.54, 1.807) is 0 Å². The summed E-state index contributed by atoms with van der Waals surface area (Å²) in [6.07, 6.45) is 8.10. The molecule has 0 unspecified atom stereocenters. The van der Waals surface area contributed by atoms with Gasteiger partial charge in [0, 0.05) is 31.0 Å². The minimum atomic E-state index is -0.0148. The zero-order valence-corrected chi connectivity index (χ0v) is 14.3. The second-order valence-corrected chi connectivity index (χ2v) is 7.31. The maximum absolute atomic E-state index is 12.9. The van der Waals surface area contributed by atoms with Crippen LogP contribution in [0.25, 0.3) is 0 Å². The SMILES string of the molecule is O=C(c1n[nH]c2c1CCCCC2)N1CCO[C@@H](COCC2CC2)C1. The molecule has 1 aromatic rings. The summed E-state index contributed by atoms with van der Waals surface area (Å²) in [7, 11) is 0. The summed E-state index contributed by atoms with van der Waals surface area (Å²) in [4.78, 5) is 14.8. The van der Waals surface area contributed by atoms with E-state index in [1.807, 2.05) is 4.90 Å². The van der Waals surface area contributed by atoms with Crippen LogP contribution < -0.4 is 0 Å². The Hall–Kier alpha value is -1.40. The number of amides is 1. The number of hydrogen-bond acceptors (Lipinski definition) is 4. The molecule has 2 aliphatic carbocycles. The van der Waals surface area contributed by atoms with Gasteiger partial charge in [-0.3, -0.25) is 9.89 Å². The van der Waals surface area contributed by atoms with Gasteiger partial charge in [-0.1, -0.05) is 6.42 Å². The van der Waals surface area contributed by atoms with Crippen LogP contribution in [0.5, 0.6) is 0 Å². The Morgan fingerprint density at radius 3 is 3.00 bits per heavy atom. The number of carbonyl (C=O) groups is 1. The Morgan fingerprint density at radius 2 is 2.12 bits per heavy atom. The molecule has 3 aliphatic rings. The first-order valence-corrected chi connectivity index (χ1v) is 9.36. The maximum Gasteiger partial charge on any atom is 0.274 e. The molecule has 2 fully saturated rings. The Kier molecular flexibility index (Phi) is 4.85. The molecule has 1 aromatic heterocycles. The topological polar surface area (TPSA) is 67.5 Å². The fourth-order valence-electron chi connectivity index (χ4n) is 3.64. The van der Waals surface area contributed by atoms with Crippen LogP contribution >= 0.6 is 0 Å². The number of nitrogens with one attached hydrogen (secondary N) is 1. The molecule has 1 saturated carbocycles. The molecule has 132 valence electrons. The van der Waals surface area contributed by atoms with E-state index < -0.39 is 0 Å². The van der Waals surface area contributed by atoms with Gasteiger partial charge in [-0.15, -0.1) is 0 Å². The normalized spacial score (nSPS) is 24.5. The van der Waals surface area contributed by atoms with Crippen molar-refractivity contribution in [1.82, 2.24) is 15.1 Å². The average Bonchev–Trinajstić information content (AvgIpc) is 3.39. The highest BCUT2D eigenvalue weighted by Crippen LogP contribution is 2.29. The standard InChI is InChI=1S/C18H27N3O3/c22-18(17-15-4-2-1-3-5-16(15)19-20-17)21-8-9-24-14(10-21)12-23-11-13-6-7-13/h13-14H,1-12H2,(H,19,20)/t14-/m1/s1. The molecule has 0 aromatic carbocycles. The summed E-state index contributed by atoms with van der Waals surface area (Å²) < 4.78 is 11.5. The number of aryl methyl sites for hydroxylation is 1. The second kappa shape index (κ2) is 7.23. The van der Waals surface area contributed by atoms with Gasteiger partial charge in [-0.25, -0.2) is 0 Å². The summed E-state index contributed by atoms with van der Waals surface area (Å²) in [5, 5.41) is 7.44. The predicted octanol–water partition coefficient (Wildman–Crippen LogP) is 1.95. The quantitative estimate of drug-likeness (QED) is 0.836. The number of carbonyl (C=O) groups excluding carboxylic acids is 1. The number of rotatable bonds is 5. The van der Waals surface area contributed by atoms with E-state index in [4.69, 9.17) is 9.47 Å². The van der Waals surface area contributed by atoms with Crippen LogP contribution in [0.3, 0.4) is 0 Å². The molecule has 0 bridgehead atoms. The predicted molar refractivity (Wildman–Crippen MR) is 89.0 cm³/mol. The lowest BCUT2D eigenvalue weighted by molar-refractivity contribution is -0.0629. The monoisotopic (exact) mass is 333 g/mol. The van der Waals surface area contributed by atoms with Gasteiger partial charge in [-0.2, -0.15) is 5.10 Å². The Labute approximate surface area is 142 Å². The summed E-state index contributed by atoms with van der Waals surface area (Å²) in [5.74, 6) is 0.802. The van der Waals surface area contributed by atoms with Crippen molar-refractivity contribution >= 4 is 5.91 Å². The van der Waals surface area contributed by atoms with Crippen LogP contribution in [0.4, 0.5) is 0 Å². The molecule has 1 N–H and O–H groups in total. The number of fused-ring (bicyclic) bond motifs is 1. The second-order valence-electron chi connectivity index (χ2n) is 7.31. The summed E-state index contributed by atoms with van der Waals surface area (Å²) in [6, 6.07) is 0. The number of aromatic amines is 1. The molecular weight excluding hydrogens is 306 g/mol. The first-order valence-electron chi connectivity index (χ1n) is 9.36. The molecule has 2 heterocycles. The number of morpholine rings is 1. The highest BCUT2D eigenvalue weighted by atomic mass is 16.5. The van der Waals surface area contributed by atoms with E-state index in [0.29, 0.717) is 32.0 Å². The van der Waals surface area contributed by atoms with Crippen molar-refractivity contribution in [3.05, 3.63) is 17.0 Å². The van der Waals surface area contributed by atoms with Crippen molar-refractivity contribution in [2.75, 3.05) is 32.9 Å². The van der Waals surface area contributed by atoms with Gasteiger partial charge in [0.05, 0.1) is 19.3 Å². The van der Waals surface area contributed by atoms with Crippen LogP contribution in [-0.2, 0) is 22.3 Å². The third-order valence-electron chi connectivity index (χ3n) is 5.29. The first kappa shape index (κ1) is 16.1. The van der Waals surface area contributed by atoms with E-state index in [9.17, 15) is 4.79 Å². The van der Waals surface area contributed by atoms with Crippen molar-refractivity contribution in [3.8, 4) is 0 Å². The Bertz CT molecular complexity index is 582. The maximum atomic E-state index is 12.9. The molecule has 1 atom stereocenters. The van der Waals surface area contributed by atoms with Gasteiger partial charge in [0.2, 0.25) is 0 Å². The highest BCUT2D eigenvalue weighted by molar-refractivity contribution is 5.94. The molecule has 6 heteroatoms. The van der Waals surface area contributed by atoms with Crippen molar-refractivity contribution < 1.29 is 14.3 Å². The van der Waals surface area contributed by atoms with Crippen LogP contribution in [0.2, 0.25) is 0 Å². The largest absolute Gasteiger partial charge is 0.378 e. The third kappa shape index (κ3) is 3.64. The number of aromatic nitrogens is 2. The van der Waals surface area contributed by atoms with Crippen LogP contribution in [0.1, 0.15) is 53.8 Å². The number of ether oxygens (including phenoxy) is 2. The highest BCUT2D eigenvalue weighted by Gasteiger charge is 2.30. The average molecular weight is 333 g/mol. The van der Waals surface area contributed by atoms with Crippen molar-refractivity contribution in [3.63, 3.8) is 0 Å². The lowest BCUT2D eigenvalue weighted by Crippen LogP contribution is -2.47. The number of H-pyrrole nitrogens is 1. The van der Waals surface area contributed by atoms with E-state index in [0.717, 1.165) is 43.0 Å². The zero-order chi connectivity index (χ0) is 16.4. The Balaban J connectivity index is 1.37. The van der Waals surface area contributed by atoms with Gasteiger partial charge in [0.1, 0.15) is 0 Å². The number of hydrogen-bond donors (Lipinski definition) is 1. The molecule has 4 rings (SSSR count). The first-order chi connectivity index (χ1) is 11.8. The molecule has 1 amide bonds. The summed E-state index contributed by atoms with van der Waals surface area (Å²) >= 11 is 0. The van der Waals surface area contributed by atoms with Crippen molar-refractivity contribution in [1.29, 1.82) is 0 Å². The van der Waals surface area contributed by atoms with Crippen molar-refractivity contribution in [2.45, 2.75) is 51.0 Å². The Morgan fingerprint density at radius 1 is 1.25 bits per heavy atom. The van der Waals surface area contributed by atoms with Crippen LogP contribution in [-0.4, -0.2) is 60.0 Å². The third-order valence-corrected chi connectivity index (χ3v) is 5.29. The van der Waals surface area contributed by atoms with Gasteiger partial charge >= 0.3 is 0 Å². The summed E-state index contributed by atoms with van der Waals surface area (Å²) in [5.41, 5.74) is 2.94. The van der Waals surface area contributed by atoms with E-state index in [1.165, 1.54) is 25.7 Å². The summed E-state index contributed by atoms with van der Waals surface area (Å²) in [6.45, 7) is 3.24. The van der Waals surface area contributed by atoms with Crippen LogP contribution in [0, 0.1) is 5.92 Å². The fraction of sp³-hybridized carbons (Fsp3) is 0.778. The van der Waals surface area contributed by atoms with Gasteiger partial charge in [-0.05, 0) is 44.4 Å². The lowest BCUT2D eigenvalue weighted by atomic mass is 10.1. The molecule has 1 aliphatic heterocycles. The number of nitrogens with zero attached hydrogens (tertiary/aromatic N) is 2. The van der Waals surface area contributed by atoms with Gasteiger partial charge in [0.15, 0.2) is 5.69 Å². The lowest BCUT2D eigenvalue weighted by Gasteiger charge is -2.32. The zero-order valence-electron chi connectivity index (χ0n) is 14.3. The molecule has 0 radical (unpaired) electrons. The molecule has 0 spiro atoms. The van der Waals surface area contributed by atoms with Crippen LogP contribution in [0.15, 0.2) is 0 Å². The molecule has 6 nitrogen and oxygen atoms in total. The molecule has 1 saturated heterocycles. The van der Waals surface area contributed by atoms with E-state index in [-0.39, 0.29) is 12.0 Å². The smallest absolute Gasteiger partial charge is 0.274 e. The molecular formula is C18H27N3O3. The van der Waals surface area contributed by atoms with Gasteiger partial charge in [0.25, 0.3) is 5.91 Å². The van der Waals surface area contributed by atoms with E-state index >= 15 is 0 Å².